The van der Waals surface area contributed by atoms with E-state index in [4.69, 9.17) is 14.2 Å². The van der Waals surface area contributed by atoms with Crippen LogP contribution in [0.3, 0.4) is 0 Å². The lowest BCUT2D eigenvalue weighted by molar-refractivity contribution is 0.0728. The van der Waals surface area contributed by atoms with Crippen molar-refractivity contribution in [2.75, 3.05) is 21.3 Å². The minimum absolute atomic E-state index is 0.0306. The maximum absolute atomic E-state index is 13.0. The van der Waals surface area contributed by atoms with Crippen molar-refractivity contribution < 1.29 is 19.0 Å². The van der Waals surface area contributed by atoms with Gasteiger partial charge in [0.2, 0.25) is 0 Å². The lowest BCUT2D eigenvalue weighted by Crippen LogP contribution is -2.32. The Bertz CT molecular complexity index is 738. The van der Waals surface area contributed by atoms with Gasteiger partial charge in [-0.25, -0.2) is 0 Å². The molecule has 5 heteroatoms. The Morgan fingerprint density at radius 3 is 2.16 bits per heavy atom. The molecule has 1 amide bonds. The summed E-state index contributed by atoms with van der Waals surface area (Å²) in [4.78, 5) is 14.9. The Hall–Kier alpha value is -2.69. The number of benzene rings is 2. The number of carbonyl (C=O) groups is 1. The van der Waals surface area contributed by atoms with E-state index >= 15 is 0 Å². The lowest BCUT2D eigenvalue weighted by atomic mass is 10.1. The normalized spacial score (nSPS) is 13.2. The summed E-state index contributed by atoms with van der Waals surface area (Å²) in [6, 6.07) is 13.2. The van der Waals surface area contributed by atoms with Crippen LogP contribution in [-0.2, 0) is 6.54 Å². The minimum atomic E-state index is 0.0306. The van der Waals surface area contributed by atoms with Crippen LogP contribution in [0.2, 0.25) is 0 Å². The molecule has 1 fully saturated rings. The second-order valence-corrected chi connectivity index (χ2v) is 6.07. The third-order valence-corrected chi connectivity index (χ3v) is 4.42. The molecule has 0 bridgehead atoms. The zero-order chi connectivity index (χ0) is 17.8. The van der Waals surface area contributed by atoms with Crippen LogP contribution in [0, 0.1) is 0 Å². The van der Waals surface area contributed by atoms with Gasteiger partial charge in [-0.15, -0.1) is 0 Å². The Kier molecular flexibility index (Phi) is 5.12. The van der Waals surface area contributed by atoms with Crippen LogP contribution in [0.1, 0.15) is 28.8 Å². The second-order valence-electron chi connectivity index (χ2n) is 6.07. The van der Waals surface area contributed by atoms with Gasteiger partial charge in [0.05, 0.1) is 21.3 Å². The molecule has 2 aromatic carbocycles. The first-order valence-corrected chi connectivity index (χ1v) is 8.32. The van der Waals surface area contributed by atoms with E-state index < -0.39 is 0 Å². The Morgan fingerprint density at radius 2 is 1.60 bits per heavy atom. The topological polar surface area (TPSA) is 48.0 Å². The van der Waals surface area contributed by atoms with Gasteiger partial charge in [0.25, 0.3) is 5.91 Å². The van der Waals surface area contributed by atoms with Gasteiger partial charge < -0.3 is 19.1 Å². The molecule has 0 N–H and O–H groups in total. The average molecular weight is 341 g/mol. The summed E-state index contributed by atoms with van der Waals surface area (Å²) in [5.41, 5.74) is 1.64. The van der Waals surface area contributed by atoms with Gasteiger partial charge in [0, 0.05) is 29.8 Å². The van der Waals surface area contributed by atoms with Crippen LogP contribution < -0.4 is 14.2 Å². The molecule has 0 radical (unpaired) electrons. The molecule has 0 unspecified atom stereocenters. The van der Waals surface area contributed by atoms with Crippen molar-refractivity contribution in [1.29, 1.82) is 0 Å². The molecule has 0 spiro atoms. The number of rotatable bonds is 7. The molecule has 0 heterocycles. The van der Waals surface area contributed by atoms with E-state index in [2.05, 4.69) is 0 Å². The molecule has 0 aliphatic heterocycles. The first-order valence-electron chi connectivity index (χ1n) is 8.32. The molecule has 132 valence electrons. The number of hydrogen-bond acceptors (Lipinski definition) is 4. The quantitative estimate of drug-likeness (QED) is 0.773. The van der Waals surface area contributed by atoms with E-state index in [0.29, 0.717) is 18.2 Å². The fraction of sp³-hybridized carbons (Fsp3) is 0.350. The van der Waals surface area contributed by atoms with E-state index in [1.165, 1.54) is 0 Å². The van der Waals surface area contributed by atoms with Crippen molar-refractivity contribution in [2.24, 2.45) is 0 Å². The lowest BCUT2D eigenvalue weighted by Gasteiger charge is -2.24. The second kappa shape index (κ2) is 7.47. The third kappa shape index (κ3) is 3.87. The highest BCUT2D eigenvalue weighted by Gasteiger charge is 2.33. The first-order chi connectivity index (χ1) is 12.2. The van der Waals surface area contributed by atoms with Crippen molar-refractivity contribution in [3.8, 4) is 17.2 Å². The number of hydrogen-bond donors (Lipinski definition) is 0. The highest BCUT2D eigenvalue weighted by molar-refractivity contribution is 5.94. The fourth-order valence-electron chi connectivity index (χ4n) is 2.82. The van der Waals surface area contributed by atoms with E-state index in [-0.39, 0.29) is 5.91 Å². The maximum atomic E-state index is 13.0. The smallest absolute Gasteiger partial charge is 0.254 e. The van der Waals surface area contributed by atoms with Crippen molar-refractivity contribution >= 4 is 5.91 Å². The van der Waals surface area contributed by atoms with Gasteiger partial charge in [-0.05, 0) is 49.2 Å². The van der Waals surface area contributed by atoms with Crippen LogP contribution in [0.5, 0.6) is 17.2 Å². The van der Waals surface area contributed by atoms with Crippen molar-refractivity contribution in [3.63, 3.8) is 0 Å². The first kappa shape index (κ1) is 17.1. The van der Waals surface area contributed by atoms with Crippen LogP contribution in [0.15, 0.2) is 42.5 Å². The number of ether oxygens (including phenoxy) is 3. The van der Waals surface area contributed by atoms with Gasteiger partial charge in [0.1, 0.15) is 17.2 Å². The predicted molar refractivity (Wildman–Crippen MR) is 95.4 cm³/mol. The van der Waals surface area contributed by atoms with E-state index in [1.807, 2.05) is 47.4 Å². The van der Waals surface area contributed by atoms with Gasteiger partial charge in [-0.2, -0.15) is 0 Å². The molecule has 1 saturated carbocycles. The zero-order valence-corrected chi connectivity index (χ0v) is 14.8. The molecule has 3 rings (SSSR count). The van der Waals surface area contributed by atoms with Crippen LogP contribution in [0.4, 0.5) is 0 Å². The van der Waals surface area contributed by atoms with Gasteiger partial charge >= 0.3 is 0 Å². The Balaban J connectivity index is 1.83. The molecule has 25 heavy (non-hydrogen) atoms. The SMILES string of the molecule is COc1ccc(C(=O)N(Cc2ccc(OC)cc2OC)C2CC2)cc1. The molecule has 5 nitrogen and oxygen atoms in total. The molecule has 1 aliphatic carbocycles. The van der Waals surface area contributed by atoms with Crippen LogP contribution in [-0.4, -0.2) is 38.2 Å². The summed E-state index contributed by atoms with van der Waals surface area (Å²) < 4.78 is 15.9. The summed E-state index contributed by atoms with van der Waals surface area (Å²) in [5.74, 6) is 2.24. The maximum Gasteiger partial charge on any atom is 0.254 e. The molecule has 1 aliphatic rings. The molecular weight excluding hydrogens is 318 g/mol. The van der Waals surface area contributed by atoms with Crippen molar-refractivity contribution in [3.05, 3.63) is 53.6 Å². The number of nitrogens with zero attached hydrogens (tertiary/aromatic N) is 1. The Labute approximate surface area is 148 Å². The average Bonchev–Trinajstić information content (AvgIpc) is 3.50. The highest BCUT2D eigenvalue weighted by Crippen LogP contribution is 2.33. The Morgan fingerprint density at radius 1 is 0.960 bits per heavy atom. The summed E-state index contributed by atoms with van der Waals surface area (Å²) in [5, 5.41) is 0. The fourth-order valence-corrected chi connectivity index (χ4v) is 2.82. The molecule has 2 aromatic rings. The van der Waals surface area contributed by atoms with Crippen LogP contribution in [0.25, 0.3) is 0 Å². The molecule has 0 atom stereocenters. The van der Waals surface area contributed by atoms with E-state index in [1.54, 1.807) is 21.3 Å². The predicted octanol–water partition coefficient (Wildman–Crippen LogP) is 3.52. The molecule has 0 saturated heterocycles. The minimum Gasteiger partial charge on any atom is -0.497 e. The number of amides is 1. The van der Waals surface area contributed by atoms with Gasteiger partial charge in [-0.3, -0.25) is 4.79 Å². The van der Waals surface area contributed by atoms with E-state index in [9.17, 15) is 4.79 Å². The van der Waals surface area contributed by atoms with Crippen molar-refractivity contribution in [1.82, 2.24) is 4.90 Å². The zero-order valence-electron chi connectivity index (χ0n) is 14.8. The standard InChI is InChI=1S/C20H23NO4/c1-23-17-9-4-14(5-10-17)20(22)21(16-7-8-16)13-15-6-11-18(24-2)12-19(15)25-3/h4-6,9-12,16H,7-8,13H2,1-3H3. The van der Waals surface area contributed by atoms with Crippen molar-refractivity contribution in [2.45, 2.75) is 25.4 Å². The number of methoxy groups -OCH3 is 3. The van der Waals surface area contributed by atoms with E-state index in [0.717, 1.165) is 35.7 Å². The van der Waals surface area contributed by atoms with Gasteiger partial charge in [-0.1, -0.05) is 0 Å². The summed E-state index contributed by atoms with van der Waals surface area (Å²) >= 11 is 0. The summed E-state index contributed by atoms with van der Waals surface area (Å²) in [6.45, 7) is 0.517. The highest BCUT2D eigenvalue weighted by atomic mass is 16.5. The van der Waals surface area contributed by atoms with Gasteiger partial charge in [0.15, 0.2) is 0 Å². The summed E-state index contributed by atoms with van der Waals surface area (Å²) in [7, 11) is 4.87. The number of carbonyl (C=O) groups excluding carboxylic acids is 1. The largest absolute Gasteiger partial charge is 0.497 e. The molecular formula is C20H23NO4. The van der Waals surface area contributed by atoms with Crippen LogP contribution >= 0.6 is 0 Å². The third-order valence-electron chi connectivity index (χ3n) is 4.42. The summed E-state index contributed by atoms with van der Waals surface area (Å²) in [6.07, 6.45) is 2.08. The molecule has 0 aromatic heterocycles. The monoisotopic (exact) mass is 341 g/mol.